The average molecular weight is 312 g/mol. The smallest absolute Gasteiger partial charge is 0.0453 e. The van der Waals surface area contributed by atoms with E-state index < -0.39 is 0 Å². The average Bonchev–Trinajstić information content (AvgIpc) is 2.34. The fraction of sp³-hybridized carbons (Fsp3) is 0.538. The van der Waals surface area contributed by atoms with Gasteiger partial charge in [0, 0.05) is 37.2 Å². The Morgan fingerprint density at radius 1 is 1.22 bits per heavy atom. The van der Waals surface area contributed by atoms with Crippen molar-refractivity contribution < 1.29 is 0 Å². The van der Waals surface area contributed by atoms with Gasteiger partial charge in [0.05, 0.1) is 0 Å². The minimum atomic E-state index is 0. The Morgan fingerprint density at radius 2 is 1.83 bits per heavy atom. The molecule has 1 aromatic carbocycles. The van der Waals surface area contributed by atoms with Gasteiger partial charge in [0.2, 0.25) is 0 Å². The molecule has 1 fully saturated rings. The van der Waals surface area contributed by atoms with Gasteiger partial charge in [-0.15, -0.1) is 24.8 Å². The molecule has 0 aromatic heterocycles. The predicted octanol–water partition coefficient (Wildman–Crippen LogP) is 3.54. The molecule has 2 rings (SSSR count). The highest BCUT2D eigenvalue weighted by atomic mass is 35.5. The third-order valence-electron chi connectivity index (χ3n) is 3.24. The summed E-state index contributed by atoms with van der Waals surface area (Å²) < 4.78 is 0. The minimum Gasteiger partial charge on any atom is -0.314 e. The molecule has 0 unspecified atom stereocenters. The van der Waals surface area contributed by atoms with Crippen molar-refractivity contribution in [2.45, 2.75) is 19.4 Å². The van der Waals surface area contributed by atoms with Crippen molar-refractivity contribution in [3.63, 3.8) is 0 Å². The molecule has 1 N–H and O–H groups in total. The van der Waals surface area contributed by atoms with Crippen LogP contribution in [0.3, 0.4) is 0 Å². The first-order chi connectivity index (χ1) is 7.83. The SMILES string of the molecule is CC[C@H](c1ccccc1Cl)N1CCNCC1.Cl.Cl. The van der Waals surface area contributed by atoms with Crippen molar-refractivity contribution >= 4 is 36.4 Å². The number of rotatable bonds is 3. The second kappa shape index (κ2) is 9.00. The topological polar surface area (TPSA) is 15.3 Å². The minimum absolute atomic E-state index is 0. The highest BCUT2D eigenvalue weighted by Crippen LogP contribution is 2.29. The summed E-state index contributed by atoms with van der Waals surface area (Å²) in [5, 5.41) is 4.28. The Kier molecular flexibility index (Phi) is 9.01. The maximum Gasteiger partial charge on any atom is 0.0453 e. The molecule has 1 atom stereocenters. The molecular weight excluding hydrogens is 291 g/mol. The molecule has 2 nitrogen and oxygen atoms in total. The van der Waals surface area contributed by atoms with Gasteiger partial charge in [-0.3, -0.25) is 4.90 Å². The third-order valence-corrected chi connectivity index (χ3v) is 3.59. The molecule has 1 aliphatic heterocycles. The van der Waals surface area contributed by atoms with Crippen molar-refractivity contribution in [1.29, 1.82) is 0 Å². The van der Waals surface area contributed by atoms with E-state index in [9.17, 15) is 0 Å². The van der Waals surface area contributed by atoms with Crippen LogP contribution in [0.15, 0.2) is 24.3 Å². The largest absolute Gasteiger partial charge is 0.314 e. The van der Waals surface area contributed by atoms with E-state index in [0.29, 0.717) is 6.04 Å². The van der Waals surface area contributed by atoms with Gasteiger partial charge in [0.1, 0.15) is 0 Å². The van der Waals surface area contributed by atoms with E-state index in [1.165, 1.54) is 5.56 Å². The normalized spacial score (nSPS) is 17.4. The van der Waals surface area contributed by atoms with Crippen LogP contribution in [0.25, 0.3) is 0 Å². The Hall–Kier alpha value is 0.01000. The maximum atomic E-state index is 6.27. The lowest BCUT2D eigenvalue weighted by molar-refractivity contribution is 0.169. The van der Waals surface area contributed by atoms with Gasteiger partial charge < -0.3 is 5.32 Å². The number of piperazine rings is 1. The summed E-state index contributed by atoms with van der Waals surface area (Å²) in [7, 11) is 0. The van der Waals surface area contributed by atoms with Crippen LogP contribution in [-0.4, -0.2) is 31.1 Å². The van der Waals surface area contributed by atoms with Crippen LogP contribution < -0.4 is 5.32 Å². The van der Waals surface area contributed by atoms with E-state index in [4.69, 9.17) is 11.6 Å². The van der Waals surface area contributed by atoms with Crippen LogP contribution in [0.5, 0.6) is 0 Å². The Balaban J connectivity index is 0.00000144. The number of nitrogens with one attached hydrogen (secondary N) is 1. The van der Waals surface area contributed by atoms with Gasteiger partial charge >= 0.3 is 0 Å². The quantitative estimate of drug-likeness (QED) is 0.918. The summed E-state index contributed by atoms with van der Waals surface area (Å²) in [6.45, 7) is 6.63. The first kappa shape index (κ1) is 18.0. The lowest BCUT2D eigenvalue weighted by Gasteiger charge is -2.35. The summed E-state index contributed by atoms with van der Waals surface area (Å²) in [6, 6.07) is 8.68. The van der Waals surface area contributed by atoms with E-state index in [1.807, 2.05) is 12.1 Å². The van der Waals surface area contributed by atoms with E-state index in [-0.39, 0.29) is 24.8 Å². The summed E-state index contributed by atoms with van der Waals surface area (Å²) in [5.74, 6) is 0. The fourth-order valence-electron chi connectivity index (χ4n) is 2.41. The molecule has 1 saturated heterocycles. The van der Waals surface area contributed by atoms with Gasteiger partial charge in [-0.25, -0.2) is 0 Å². The summed E-state index contributed by atoms with van der Waals surface area (Å²) in [5.41, 5.74) is 1.27. The fourth-order valence-corrected chi connectivity index (χ4v) is 2.68. The first-order valence-electron chi connectivity index (χ1n) is 6.02. The molecule has 104 valence electrons. The number of hydrogen-bond donors (Lipinski definition) is 1. The monoisotopic (exact) mass is 310 g/mol. The summed E-state index contributed by atoms with van der Waals surface area (Å²) >= 11 is 6.27. The van der Waals surface area contributed by atoms with Gasteiger partial charge in [-0.1, -0.05) is 36.7 Å². The molecule has 1 heterocycles. The zero-order chi connectivity index (χ0) is 11.4. The molecule has 5 heteroatoms. The molecule has 0 bridgehead atoms. The molecular formula is C13H21Cl3N2. The van der Waals surface area contributed by atoms with Crippen molar-refractivity contribution in [2.24, 2.45) is 0 Å². The molecule has 0 spiro atoms. The summed E-state index contributed by atoms with van der Waals surface area (Å²) in [4.78, 5) is 2.53. The third kappa shape index (κ3) is 4.29. The van der Waals surface area contributed by atoms with Crippen LogP contribution in [0, 0.1) is 0 Å². The maximum absolute atomic E-state index is 6.27. The highest BCUT2D eigenvalue weighted by molar-refractivity contribution is 6.31. The summed E-state index contributed by atoms with van der Waals surface area (Å²) in [6.07, 6.45) is 1.11. The van der Waals surface area contributed by atoms with Gasteiger partial charge in [-0.2, -0.15) is 0 Å². The molecule has 1 aliphatic rings. The van der Waals surface area contributed by atoms with Gasteiger partial charge in [0.25, 0.3) is 0 Å². The Bertz CT molecular complexity index is 341. The zero-order valence-corrected chi connectivity index (χ0v) is 13.0. The van der Waals surface area contributed by atoms with Crippen LogP contribution in [0.2, 0.25) is 5.02 Å². The Labute approximate surface area is 127 Å². The van der Waals surface area contributed by atoms with Crippen molar-refractivity contribution in [3.05, 3.63) is 34.9 Å². The number of benzene rings is 1. The molecule has 1 aromatic rings. The van der Waals surface area contributed by atoms with Crippen LogP contribution >= 0.6 is 36.4 Å². The lowest BCUT2D eigenvalue weighted by Crippen LogP contribution is -2.45. The molecule has 0 radical (unpaired) electrons. The Morgan fingerprint density at radius 3 is 2.39 bits per heavy atom. The van der Waals surface area contributed by atoms with E-state index in [1.54, 1.807) is 0 Å². The number of hydrogen-bond acceptors (Lipinski definition) is 2. The number of nitrogens with zero attached hydrogens (tertiary/aromatic N) is 1. The second-order valence-electron chi connectivity index (χ2n) is 4.23. The van der Waals surface area contributed by atoms with Crippen molar-refractivity contribution in [2.75, 3.05) is 26.2 Å². The molecule has 0 aliphatic carbocycles. The lowest BCUT2D eigenvalue weighted by atomic mass is 10.0. The molecule has 0 amide bonds. The van der Waals surface area contributed by atoms with E-state index in [0.717, 1.165) is 37.6 Å². The zero-order valence-electron chi connectivity index (χ0n) is 10.6. The predicted molar refractivity (Wildman–Crippen MR) is 83.4 cm³/mol. The van der Waals surface area contributed by atoms with Gasteiger partial charge in [0.15, 0.2) is 0 Å². The first-order valence-corrected chi connectivity index (χ1v) is 6.40. The van der Waals surface area contributed by atoms with Gasteiger partial charge in [-0.05, 0) is 18.1 Å². The second-order valence-corrected chi connectivity index (χ2v) is 4.64. The number of halogens is 3. The van der Waals surface area contributed by atoms with Crippen LogP contribution in [0.1, 0.15) is 24.9 Å². The highest BCUT2D eigenvalue weighted by Gasteiger charge is 2.21. The van der Waals surface area contributed by atoms with Crippen molar-refractivity contribution in [3.8, 4) is 0 Å². The molecule has 0 saturated carbocycles. The van der Waals surface area contributed by atoms with E-state index >= 15 is 0 Å². The molecule has 18 heavy (non-hydrogen) atoms. The van der Waals surface area contributed by atoms with Crippen LogP contribution in [-0.2, 0) is 0 Å². The van der Waals surface area contributed by atoms with Crippen LogP contribution in [0.4, 0.5) is 0 Å². The standard InChI is InChI=1S/C13H19ClN2.2ClH/c1-2-13(16-9-7-15-8-10-16)11-5-3-4-6-12(11)14;;/h3-6,13,15H,2,7-10H2,1H3;2*1H/t13-;;/m1../s1. The van der Waals surface area contributed by atoms with Crippen molar-refractivity contribution in [1.82, 2.24) is 10.2 Å². The van der Waals surface area contributed by atoms with E-state index in [2.05, 4.69) is 29.3 Å².